The van der Waals surface area contributed by atoms with Gasteiger partial charge in [-0.2, -0.15) is 0 Å². The first-order chi connectivity index (χ1) is 9.74. The molecule has 0 aliphatic heterocycles. The topological polar surface area (TPSA) is 9.23 Å². The van der Waals surface area contributed by atoms with Crippen LogP contribution in [0.1, 0.15) is 45.4 Å². The van der Waals surface area contributed by atoms with Gasteiger partial charge in [0, 0.05) is 0 Å². The summed E-state index contributed by atoms with van der Waals surface area (Å²) in [5.41, 5.74) is 0. The molecule has 0 aliphatic rings. The maximum atomic E-state index is 5.32. The van der Waals surface area contributed by atoms with Gasteiger partial charge in [-0.15, -0.1) is 0 Å². The Kier molecular flexibility index (Phi) is 12.3. The first kappa shape index (κ1) is 19.0. The minimum absolute atomic E-state index is 0.723. The second-order valence-electron chi connectivity index (χ2n) is 5.54. The van der Waals surface area contributed by atoms with Crippen molar-refractivity contribution in [1.29, 1.82) is 0 Å². The molecule has 0 heterocycles. The van der Waals surface area contributed by atoms with Crippen molar-refractivity contribution < 1.29 is 9.22 Å². The number of ether oxygens (including phenoxy) is 1. The monoisotopic (exact) mass is 280 g/mol. The molecular weight excluding hydrogens is 246 g/mol. The summed E-state index contributed by atoms with van der Waals surface area (Å²) in [7, 11) is 0. The van der Waals surface area contributed by atoms with E-state index in [1.54, 1.807) is 0 Å². The zero-order chi connectivity index (χ0) is 15.1. The molecule has 0 aromatic carbocycles. The van der Waals surface area contributed by atoms with Crippen molar-refractivity contribution in [3.8, 4) is 0 Å². The van der Waals surface area contributed by atoms with Gasteiger partial charge in [0.25, 0.3) is 0 Å². The zero-order valence-corrected chi connectivity index (χ0v) is 13.5. The van der Waals surface area contributed by atoms with Gasteiger partial charge < -0.3 is 9.22 Å². The van der Waals surface area contributed by atoms with E-state index in [2.05, 4.69) is 26.7 Å². The molecule has 20 heavy (non-hydrogen) atoms. The lowest BCUT2D eigenvalue weighted by atomic mass is 10.1. The Morgan fingerprint density at radius 1 is 0.850 bits per heavy atom. The fourth-order valence-electron chi connectivity index (χ4n) is 2.66. The van der Waals surface area contributed by atoms with Gasteiger partial charge in [0.1, 0.15) is 13.2 Å². The molecule has 0 spiro atoms. The van der Waals surface area contributed by atoms with E-state index in [4.69, 9.17) is 4.74 Å². The Morgan fingerprint density at radius 2 is 1.45 bits per heavy atom. The van der Waals surface area contributed by atoms with Crippen LogP contribution in [0.3, 0.4) is 0 Å². The van der Waals surface area contributed by atoms with Crippen LogP contribution in [0.25, 0.3) is 0 Å². The molecule has 0 rings (SSSR count). The van der Waals surface area contributed by atoms with Crippen molar-refractivity contribution >= 4 is 0 Å². The van der Waals surface area contributed by atoms with Crippen molar-refractivity contribution in [3.63, 3.8) is 0 Å². The van der Waals surface area contributed by atoms with Gasteiger partial charge in [0.05, 0.1) is 25.9 Å². The lowest BCUT2D eigenvalue weighted by molar-refractivity contribution is -0.917. The van der Waals surface area contributed by atoms with Gasteiger partial charge in [-0.1, -0.05) is 52.3 Å². The summed E-state index contributed by atoms with van der Waals surface area (Å²) >= 11 is 0. The largest absolute Gasteiger partial charge is 0.496 e. The van der Waals surface area contributed by atoms with Crippen LogP contribution >= 0.6 is 0 Å². The molecule has 116 valence electrons. The highest BCUT2D eigenvalue weighted by molar-refractivity contribution is 4.72. The summed E-state index contributed by atoms with van der Waals surface area (Å²) in [6.45, 7) is 18.6. The van der Waals surface area contributed by atoms with E-state index in [-0.39, 0.29) is 0 Å². The number of unbranched alkanes of at least 4 members (excludes halogenated alkanes) is 5. The van der Waals surface area contributed by atoms with E-state index in [9.17, 15) is 0 Å². The highest BCUT2D eigenvalue weighted by atomic mass is 16.5. The average molecular weight is 280 g/mol. The van der Waals surface area contributed by atoms with Crippen LogP contribution in [0.2, 0.25) is 0 Å². The summed E-state index contributed by atoms with van der Waals surface area (Å²) < 4.78 is 6.33. The van der Waals surface area contributed by atoms with E-state index in [1.807, 2.05) is 12.2 Å². The van der Waals surface area contributed by atoms with Crippen LogP contribution in [0.5, 0.6) is 0 Å². The van der Waals surface area contributed by atoms with Crippen molar-refractivity contribution in [1.82, 2.24) is 0 Å². The van der Waals surface area contributed by atoms with Crippen LogP contribution < -0.4 is 0 Å². The minimum atomic E-state index is 0.723. The Hall–Kier alpha value is -1.02. The molecule has 0 fully saturated rings. The molecule has 0 saturated carbocycles. The summed E-state index contributed by atoms with van der Waals surface area (Å²) in [6.07, 6.45) is 13.6. The standard InChI is InChI=1S/C18H34NO/c1-5-9-10-11-12-13-16-19(14-6-2,15-7-3)17-18-20-8-4/h6-8H,2-5,9-18H2,1H3/q+1. The second kappa shape index (κ2) is 13.0. The van der Waals surface area contributed by atoms with E-state index >= 15 is 0 Å². The van der Waals surface area contributed by atoms with E-state index in [0.717, 1.165) is 30.7 Å². The van der Waals surface area contributed by atoms with Crippen LogP contribution in [0.4, 0.5) is 0 Å². The Bertz CT molecular complexity index is 250. The first-order valence-corrected chi connectivity index (χ1v) is 8.04. The van der Waals surface area contributed by atoms with Gasteiger partial charge in [-0.3, -0.25) is 0 Å². The molecule has 0 bridgehead atoms. The predicted octanol–water partition coefficient (Wildman–Crippen LogP) is 4.70. The molecule has 0 unspecified atom stereocenters. The number of hydrogen-bond donors (Lipinski definition) is 0. The third kappa shape index (κ3) is 8.98. The third-order valence-corrected chi connectivity index (χ3v) is 3.82. The fraction of sp³-hybridized carbons (Fsp3) is 0.667. The number of hydrogen-bond acceptors (Lipinski definition) is 1. The molecule has 0 radical (unpaired) electrons. The van der Waals surface area contributed by atoms with Crippen LogP contribution in [0, 0.1) is 0 Å². The van der Waals surface area contributed by atoms with Crippen molar-refractivity contribution in [2.24, 2.45) is 0 Å². The predicted molar refractivity (Wildman–Crippen MR) is 89.6 cm³/mol. The molecule has 2 heteroatoms. The molecule has 0 atom stereocenters. The highest BCUT2D eigenvalue weighted by Gasteiger charge is 2.23. The third-order valence-electron chi connectivity index (χ3n) is 3.82. The van der Waals surface area contributed by atoms with Crippen LogP contribution in [-0.4, -0.2) is 37.3 Å². The van der Waals surface area contributed by atoms with Gasteiger partial charge in [-0.25, -0.2) is 0 Å². The molecule has 0 aliphatic carbocycles. The Labute approximate surface area is 126 Å². The normalized spacial score (nSPS) is 11.1. The first-order valence-electron chi connectivity index (χ1n) is 8.04. The van der Waals surface area contributed by atoms with Crippen LogP contribution in [-0.2, 0) is 4.74 Å². The SMILES string of the molecule is C=CC[N+](CC=C)(CCCCCCCC)CCOC=C. The van der Waals surface area contributed by atoms with Gasteiger partial charge in [0.15, 0.2) is 0 Å². The number of nitrogens with zero attached hydrogens (tertiary/aromatic N) is 1. The molecule has 2 nitrogen and oxygen atoms in total. The van der Waals surface area contributed by atoms with E-state index < -0.39 is 0 Å². The van der Waals surface area contributed by atoms with E-state index in [1.165, 1.54) is 51.3 Å². The maximum Gasteiger partial charge on any atom is 0.136 e. The number of rotatable bonds is 15. The number of quaternary nitrogens is 1. The average Bonchev–Trinajstić information content (AvgIpc) is 2.44. The highest BCUT2D eigenvalue weighted by Crippen LogP contribution is 2.13. The minimum Gasteiger partial charge on any atom is -0.496 e. The van der Waals surface area contributed by atoms with Crippen molar-refractivity contribution in [3.05, 3.63) is 38.2 Å². The second-order valence-corrected chi connectivity index (χ2v) is 5.54. The summed E-state index contributed by atoms with van der Waals surface area (Å²) in [4.78, 5) is 0. The Balaban J connectivity index is 4.21. The summed E-state index contributed by atoms with van der Waals surface area (Å²) in [5, 5.41) is 0. The molecule has 0 amide bonds. The summed E-state index contributed by atoms with van der Waals surface area (Å²) in [5.74, 6) is 0. The quantitative estimate of drug-likeness (QED) is 0.183. The Morgan fingerprint density at radius 3 is 2.00 bits per heavy atom. The fourth-order valence-corrected chi connectivity index (χ4v) is 2.66. The molecule has 0 N–H and O–H groups in total. The molecular formula is C18H34NO+. The van der Waals surface area contributed by atoms with Gasteiger partial charge in [0.2, 0.25) is 0 Å². The van der Waals surface area contributed by atoms with Gasteiger partial charge in [-0.05, 0) is 25.0 Å². The summed E-state index contributed by atoms with van der Waals surface area (Å²) in [6, 6.07) is 0. The van der Waals surface area contributed by atoms with Crippen molar-refractivity contribution in [2.75, 3.05) is 32.8 Å². The molecule has 0 saturated heterocycles. The van der Waals surface area contributed by atoms with Crippen molar-refractivity contribution in [2.45, 2.75) is 45.4 Å². The molecule has 0 aromatic rings. The molecule has 0 aromatic heterocycles. The maximum absolute atomic E-state index is 5.32. The lowest BCUT2D eigenvalue weighted by Gasteiger charge is -2.37. The van der Waals surface area contributed by atoms with Crippen LogP contribution in [0.15, 0.2) is 38.2 Å². The van der Waals surface area contributed by atoms with E-state index in [0.29, 0.717) is 0 Å². The van der Waals surface area contributed by atoms with Gasteiger partial charge >= 0.3 is 0 Å². The lowest BCUT2D eigenvalue weighted by Crippen LogP contribution is -2.50. The zero-order valence-electron chi connectivity index (χ0n) is 13.5. The smallest absolute Gasteiger partial charge is 0.136 e.